The highest BCUT2D eigenvalue weighted by Gasteiger charge is 2.18. The maximum Gasteiger partial charge on any atom is 0.339 e. The van der Waals surface area contributed by atoms with Crippen LogP contribution in [0.2, 0.25) is 0 Å². The van der Waals surface area contributed by atoms with Crippen molar-refractivity contribution < 1.29 is 15.0 Å². The molecule has 0 bridgehead atoms. The van der Waals surface area contributed by atoms with E-state index in [2.05, 4.69) is 15.3 Å². The van der Waals surface area contributed by atoms with Crippen molar-refractivity contribution in [2.24, 2.45) is 0 Å². The van der Waals surface area contributed by atoms with Crippen LogP contribution in [-0.2, 0) is 0 Å². The number of aromatic carboxylic acids is 1. The second kappa shape index (κ2) is 5.09. The summed E-state index contributed by atoms with van der Waals surface area (Å²) in [6.07, 6.45) is 1.86. The van der Waals surface area contributed by atoms with Crippen LogP contribution < -0.4 is 5.32 Å². The minimum absolute atomic E-state index is 0.0813. The van der Waals surface area contributed by atoms with E-state index >= 15 is 0 Å². The number of nitrogens with zero attached hydrogens (tertiary/aromatic N) is 2. The molecule has 1 rings (SSSR count). The number of anilines is 1. The Hall–Kier alpha value is -1.69. The summed E-state index contributed by atoms with van der Waals surface area (Å²) >= 11 is 0. The maximum atomic E-state index is 10.8. The maximum absolute atomic E-state index is 10.8. The molecular weight excluding hydrogens is 222 g/mol. The summed E-state index contributed by atoms with van der Waals surface area (Å²) in [5.74, 6) is -0.726. The van der Waals surface area contributed by atoms with E-state index < -0.39 is 11.6 Å². The molecule has 1 aromatic heterocycles. The van der Waals surface area contributed by atoms with E-state index in [0.29, 0.717) is 24.6 Å². The van der Waals surface area contributed by atoms with Gasteiger partial charge in [0.2, 0.25) is 5.95 Å². The van der Waals surface area contributed by atoms with Gasteiger partial charge in [-0.15, -0.1) is 0 Å². The molecule has 0 fully saturated rings. The molecule has 94 valence electrons. The number of aliphatic hydroxyl groups is 1. The van der Waals surface area contributed by atoms with Crippen molar-refractivity contribution >= 4 is 11.9 Å². The molecule has 0 saturated carbocycles. The first-order valence-corrected chi connectivity index (χ1v) is 5.39. The van der Waals surface area contributed by atoms with E-state index in [1.165, 1.54) is 6.20 Å². The van der Waals surface area contributed by atoms with Crippen molar-refractivity contribution in [2.45, 2.75) is 32.8 Å². The van der Waals surface area contributed by atoms with Crippen molar-refractivity contribution in [2.75, 3.05) is 11.9 Å². The van der Waals surface area contributed by atoms with Crippen LogP contribution in [0.15, 0.2) is 6.20 Å². The van der Waals surface area contributed by atoms with Gasteiger partial charge in [0.05, 0.1) is 16.9 Å². The van der Waals surface area contributed by atoms with Gasteiger partial charge in [-0.25, -0.2) is 14.8 Å². The topological polar surface area (TPSA) is 95.3 Å². The lowest BCUT2D eigenvalue weighted by Crippen LogP contribution is -2.33. The number of rotatable bonds is 5. The van der Waals surface area contributed by atoms with Gasteiger partial charge in [-0.3, -0.25) is 0 Å². The number of carbonyl (C=O) groups is 1. The van der Waals surface area contributed by atoms with Crippen molar-refractivity contribution in [1.82, 2.24) is 9.97 Å². The van der Waals surface area contributed by atoms with Crippen LogP contribution in [0.4, 0.5) is 5.95 Å². The number of hydrogen-bond acceptors (Lipinski definition) is 5. The Kier molecular flexibility index (Phi) is 4.01. The molecule has 1 atom stereocenters. The van der Waals surface area contributed by atoms with E-state index in [0.717, 1.165) is 0 Å². The molecule has 1 unspecified atom stereocenters. The highest BCUT2D eigenvalue weighted by Crippen LogP contribution is 2.11. The zero-order valence-corrected chi connectivity index (χ0v) is 10.2. The average Bonchev–Trinajstić information content (AvgIpc) is 2.26. The average molecular weight is 239 g/mol. The number of carboxylic acids is 1. The van der Waals surface area contributed by atoms with E-state index in [1.807, 2.05) is 6.92 Å². The minimum Gasteiger partial charge on any atom is -0.478 e. The predicted octanol–water partition coefficient (Wildman–Crippen LogP) is 1.06. The molecule has 0 aliphatic heterocycles. The van der Waals surface area contributed by atoms with Gasteiger partial charge in [-0.05, 0) is 20.3 Å². The van der Waals surface area contributed by atoms with Gasteiger partial charge in [0.15, 0.2) is 0 Å². The third-order valence-electron chi connectivity index (χ3n) is 2.60. The Morgan fingerprint density at radius 1 is 1.59 bits per heavy atom. The van der Waals surface area contributed by atoms with Gasteiger partial charge in [0.25, 0.3) is 0 Å². The summed E-state index contributed by atoms with van der Waals surface area (Å²) in [6.45, 7) is 5.50. The molecule has 6 nitrogen and oxygen atoms in total. The summed E-state index contributed by atoms with van der Waals surface area (Å²) in [5, 5.41) is 21.5. The molecule has 0 spiro atoms. The van der Waals surface area contributed by atoms with Crippen molar-refractivity contribution in [3.63, 3.8) is 0 Å². The molecule has 0 aliphatic rings. The molecule has 1 heterocycles. The van der Waals surface area contributed by atoms with Crippen molar-refractivity contribution in [3.05, 3.63) is 17.5 Å². The monoisotopic (exact) mass is 239 g/mol. The first-order valence-electron chi connectivity index (χ1n) is 5.39. The lowest BCUT2D eigenvalue weighted by Gasteiger charge is -2.21. The van der Waals surface area contributed by atoms with Crippen LogP contribution in [0.5, 0.6) is 0 Å². The van der Waals surface area contributed by atoms with E-state index in [-0.39, 0.29) is 5.56 Å². The summed E-state index contributed by atoms with van der Waals surface area (Å²) in [6, 6.07) is 0. The highest BCUT2D eigenvalue weighted by molar-refractivity contribution is 5.88. The van der Waals surface area contributed by atoms with Gasteiger partial charge in [-0.2, -0.15) is 0 Å². The molecule has 0 amide bonds. The minimum atomic E-state index is -1.05. The fourth-order valence-corrected chi connectivity index (χ4v) is 1.16. The Balaban J connectivity index is 2.75. The van der Waals surface area contributed by atoms with E-state index in [4.69, 9.17) is 5.11 Å². The van der Waals surface area contributed by atoms with Crippen LogP contribution in [-0.4, -0.2) is 38.3 Å². The molecule has 3 N–H and O–H groups in total. The second-order valence-electron chi connectivity index (χ2n) is 4.20. The fourth-order valence-electron chi connectivity index (χ4n) is 1.16. The van der Waals surface area contributed by atoms with Crippen LogP contribution in [0, 0.1) is 6.92 Å². The normalized spacial score (nSPS) is 14.1. The molecular formula is C11H17N3O3. The Morgan fingerprint density at radius 3 is 2.71 bits per heavy atom. The molecule has 0 aromatic carbocycles. The third kappa shape index (κ3) is 3.67. The van der Waals surface area contributed by atoms with E-state index in [1.54, 1.807) is 13.8 Å². The molecule has 6 heteroatoms. The largest absolute Gasteiger partial charge is 0.478 e. The van der Waals surface area contributed by atoms with Crippen molar-refractivity contribution in [1.29, 1.82) is 0 Å². The van der Waals surface area contributed by atoms with Gasteiger partial charge >= 0.3 is 5.97 Å². The summed E-state index contributed by atoms with van der Waals surface area (Å²) in [5.41, 5.74) is -0.355. The lowest BCUT2D eigenvalue weighted by molar-refractivity contribution is 0.0684. The quantitative estimate of drug-likeness (QED) is 0.711. The molecule has 1 aromatic rings. The van der Waals surface area contributed by atoms with Crippen LogP contribution in [0.3, 0.4) is 0 Å². The zero-order valence-electron chi connectivity index (χ0n) is 10.2. The van der Waals surface area contributed by atoms with Gasteiger partial charge in [0.1, 0.15) is 0 Å². The van der Waals surface area contributed by atoms with Gasteiger partial charge in [0, 0.05) is 12.7 Å². The van der Waals surface area contributed by atoms with Crippen LogP contribution in [0.25, 0.3) is 0 Å². The first-order chi connectivity index (χ1) is 7.85. The smallest absolute Gasteiger partial charge is 0.339 e. The Labute approximate surface area is 99.7 Å². The lowest BCUT2D eigenvalue weighted by atomic mass is 10.0. The summed E-state index contributed by atoms with van der Waals surface area (Å²) < 4.78 is 0. The summed E-state index contributed by atoms with van der Waals surface area (Å²) in [4.78, 5) is 18.7. The number of aromatic nitrogens is 2. The number of nitrogens with one attached hydrogen (secondary N) is 1. The molecule has 0 saturated heterocycles. The third-order valence-corrected chi connectivity index (χ3v) is 2.60. The Morgan fingerprint density at radius 2 is 2.24 bits per heavy atom. The zero-order chi connectivity index (χ0) is 13.1. The standard InChI is InChI=1S/C11H17N3O3/c1-4-11(3,17)6-13-10-12-5-8(9(15)16)7(2)14-10/h5,17H,4,6H2,1-3H3,(H,15,16)(H,12,13,14). The SMILES string of the molecule is CCC(C)(O)CNc1ncc(C(=O)O)c(C)n1. The predicted molar refractivity (Wildman–Crippen MR) is 63.1 cm³/mol. The first kappa shape index (κ1) is 13.4. The number of aryl methyl sites for hydroxylation is 1. The molecule has 17 heavy (non-hydrogen) atoms. The Bertz CT molecular complexity index is 418. The summed E-state index contributed by atoms with van der Waals surface area (Å²) in [7, 11) is 0. The molecule has 0 radical (unpaired) electrons. The van der Waals surface area contributed by atoms with Gasteiger partial charge in [-0.1, -0.05) is 6.92 Å². The van der Waals surface area contributed by atoms with Crippen LogP contribution in [0.1, 0.15) is 36.3 Å². The second-order valence-corrected chi connectivity index (χ2v) is 4.20. The van der Waals surface area contributed by atoms with Crippen LogP contribution >= 0.6 is 0 Å². The number of carboxylic acid groups (broad SMARTS) is 1. The van der Waals surface area contributed by atoms with Crippen molar-refractivity contribution in [3.8, 4) is 0 Å². The molecule has 0 aliphatic carbocycles. The van der Waals surface area contributed by atoms with Gasteiger partial charge < -0.3 is 15.5 Å². The fraction of sp³-hybridized carbons (Fsp3) is 0.545. The number of hydrogen-bond donors (Lipinski definition) is 3. The van der Waals surface area contributed by atoms with E-state index in [9.17, 15) is 9.90 Å². The highest BCUT2D eigenvalue weighted by atomic mass is 16.4.